The maximum absolute atomic E-state index is 13.4. The smallest absolute Gasteiger partial charge is 0.335 e. The van der Waals surface area contributed by atoms with E-state index in [0.717, 1.165) is 22.3 Å². The summed E-state index contributed by atoms with van der Waals surface area (Å²) in [5.41, 5.74) is 3.22. The number of rotatable bonds is 12. The zero-order valence-corrected chi connectivity index (χ0v) is 27.6. The van der Waals surface area contributed by atoms with E-state index in [4.69, 9.17) is 9.57 Å². The Hall–Kier alpha value is -6.03. The summed E-state index contributed by atoms with van der Waals surface area (Å²) in [4.78, 5) is 78.6. The molecule has 3 saturated heterocycles. The molecule has 2 aromatic heterocycles. The number of imide groups is 2. The van der Waals surface area contributed by atoms with E-state index < -0.39 is 23.3 Å². The molecule has 7 rings (SSSR count). The van der Waals surface area contributed by atoms with Crippen molar-refractivity contribution in [2.75, 3.05) is 31.2 Å². The Bertz CT molecular complexity index is 1930. The lowest BCUT2D eigenvalue weighted by Gasteiger charge is -2.37. The molecule has 3 aliphatic heterocycles. The van der Waals surface area contributed by atoms with Gasteiger partial charge in [0.25, 0.3) is 17.7 Å². The van der Waals surface area contributed by atoms with Gasteiger partial charge in [-0.3, -0.25) is 19.3 Å². The zero-order chi connectivity index (χ0) is 35.4. The third-order valence-electron chi connectivity index (χ3n) is 9.11. The molecule has 5 amide bonds. The van der Waals surface area contributed by atoms with Gasteiger partial charge in [-0.15, -0.1) is 10.2 Å². The van der Waals surface area contributed by atoms with E-state index in [2.05, 4.69) is 25.6 Å². The minimum atomic E-state index is -0.909. The largest absolute Gasteiger partial charge is 0.379 e. The van der Waals surface area contributed by atoms with Crippen LogP contribution in [-0.2, 0) is 41.8 Å². The zero-order valence-electron chi connectivity index (χ0n) is 27.6. The van der Waals surface area contributed by atoms with Crippen LogP contribution in [0.2, 0.25) is 0 Å². The number of carbonyl (C=O) groups is 5. The van der Waals surface area contributed by atoms with E-state index >= 15 is 0 Å². The number of hydrogen-bond donors (Lipinski definition) is 1. The fourth-order valence-electron chi connectivity index (χ4n) is 6.27. The van der Waals surface area contributed by atoms with Crippen molar-refractivity contribution in [2.24, 2.45) is 0 Å². The summed E-state index contributed by atoms with van der Waals surface area (Å²) < 4.78 is 7.13. The number of piperidine rings is 1. The van der Waals surface area contributed by atoms with E-state index in [-0.39, 0.29) is 51.0 Å². The summed E-state index contributed by atoms with van der Waals surface area (Å²) in [6, 6.07) is 16.9. The molecule has 0 radical (unpaired) electrons. The predicted octanol–water partition coefficient (Wildman–Crippen LogP) is 2.51. The van der Waals surface area contributed by atoms with Crippen LogP contribution in [0, 0.1) is 0 Å². The van der Waals surface area contributed by atoms with Crippen molar-refractivity contribution < 1.29 is 33.5 Å². The lowest BCUT2D eigenvalue weighted by molar-refractivity contribution is -0.198. The van der Waals surface area contributed by atoms with Gasteiger partial charge in [-0.25, -0.2) is 24.2 Å². The highest BCUT2D eigenvalue weighted by Gasteiger charge is 2.52. The summed E-state index contributed by atoms with van der Waals surface area (Å²) in [5, 5.41) is 11.9. The van der Waals surface area contributed by atoms with Gasteiger partial charge in [0.1, 0.15) is 11.2 Å². The van der Waals surface area contributed by atoms with Gasteiger partial charge < -0.3 is 19.8 Å². The maximum atomic E-state index is 13.4. The van der Waals surface area contributed by atoms with E-state index in [1.54, 1.807) is 23.3 Å². The third-order valence-corrected chi connectivity index (χ3v) is 9.11. The average Bonchev–Trinajstić information content (AvgIpc) is 3.82. The van der Waals surface area contributed by atoms with Crippen molar-refractivity contribution in [1.82, 2.24) is 40.2 Å². The van der Waals surface area contributed by atoms with Crippen LogP contribution in [0.4, 0.5) is 10.7 Å². The quantitative estimate of drug-likeness (QED) is 0.130. The van der Waals surface area contributed by atoms with Gasteiger partial charge in [0.15, 0.2) is 0 Å². The Kier molecular flexibility index (Phi) is 9.48. The number of anilines is 1. The van der Waals surface area contributed by atoms with Gasteiger partial charge in [0.05, 0.1) is 38.9 Å². The van der Waals surface area contributed by atoms with Crippen LogP contribution >= 0.6 is 0 Å². The Balaban J connectivity index is 0.888. The average molecular weight is 694 g/mol. The van der Waals surface area contributed by atoms with Gasteiger partial charge in [-0.2, -0.15) is 0 Å². The second kappa shape index (κ2) is 14.4. The first kappa shape index (κ1) is 33.5. The normalized spacial score (nSPS) is 17.1. The number of benzene rings is 2. The number of amides is 5. The molecule has 16 nitrogen and oxygen atoms in total. The van der Waals surface area contributed by atoms with Gasteiger partial charge in [0, 0.05) is 49.5 Å². The Morgan fingerprint density at radius 3 is 2.33 bits per heavy atom. The first-order chi connectivity index (χ1) is 24.8. The summed E-state index contributed by atoms with van der Waals surface area (Å²) in [7, 11) is 0. The van der Waals surface area contributed by atoms with Crippen LogP contribution in [0.3, 0.4) is 0 Å². The fourth-order valence-corrected chi connectivity index (χ4v) is 6.27. The molecule has 3 aliphatic rings. The topological polar surface area (TPSA) is 182 Å². The van der Waals surface area contributed by atoms with Crippen molar-refractivity contribution in [2.45, 2.75) is 50.7 Å². The molecule has 1 spiro atoms. The molecular formula is C35H35N9O7. The van der Waals surface area contributed by atoms with Crippen LogP contribution in [0.15, 0.2) is 73.2 Å². The molecule has 0 atom stereocenters. The number of nitrogens with one attached hydrogen (secondary N) is 1. The molecule has 262 valence electrons. The maximum Gasteiger partial charge on any atom is 0.335 e. The number of urea groups is 1. The third kappa shape index (κ3) is 7.30. The standard InChI is InChI=1S/C35H35N9O7/c45-29-9-10-30(46)44(29)51-31(47)11-17-50-18-16-42-23-28(39-40-42)26-8-4-7-25(19-26)27-20-36-33(37-21-27)41-14-12-35(13-15-41)32(48)43(34(49)38-35)22-24-5-2-1-3-6-24/h1-8,19-21,23H,9-18,22H2,(H,38,49). The van der Waals surface area contributed by atoms with Crippen molar-refractivity contribution in [1.29, 1.82) is 0 Å². The highest BCUT2D eigenvalue weighted by atomic mass is 16.7. The van der Waals surface area contributed by atoms with Gasteiger partial charge in [-0.05, 0) is 30.0 Å². The van der Waals surface area contributed by atoms with E-state index in [1.807, 2.05) is 59.5 Å². The molecule has 3 fully saturated rings. The summed E-state index contributed by atoms with van der Waals surface area (Å²) >= 11 is 0. The van der Waals surface area contributed by atoms with Crippen molar-refractivity contribution in [3.8, 4) is 22.4 Å². The first-order valence-electron chi connectivity index (χ1n) is 16.7. The molecule has 51 heavy (non-hydrogen) atoms. The minimum Gasteiger partial charge on any atom is -0.379 e. The van der Waals surface area contributed by atoms with Crippen LogP contribution in [0.25, 0.3) is 22.4 Å². The number of nitrogens with zero attached hydrogens (tertiary/aromatic N) is 8. The second-order valence-corrected chi connectivity index (χ2v) is 12.5. The summed E-state index contributed by atoms with van der Waals surface area (Å²) in [6.45, 7) is 2.01. The number of ether oxygens (including phenoxy) is 1. The highest BCUT2D eigenvalue weighted by Crippen LogP contribution is 2.32. The predicted molar refractivity (Wildman–Crippen MR) is 179 cm³/mol. The number of aromatic nitrogens is 5. The van der Waals surface area contributed by atoms with E-state index in [9.17, 15) is 24.0 Å². The van der Waals surface area contributed by atoms with E-state index in [0.29, 0.717) is 49.2 Å². The second-order valence-electron chi connectivity index (χ2n) is 12.5. The van der Waals surface area contributed by atoms with Crippen LogP contribution in [0.5, 0.6) is 0 Å². The lowest BCUT2D eigenvalue weighted by Crippen LogP contribution is -2.55. The molecule has 16 heteroatoms. The van der Waals surface area contributed by atoms with Crippen molar-refractivity contribution in [3.05, 3.63) is 78.8 Å². The number of carbonyl (C=O) groups excluding carboxylic acids is 5. The summed E-state index contributed by atoms with van der Waals surface area (Å²) in [5.74, 6) is -1.39. The molecule has 0 saturated carbocycles. The fraction of sp³-hybridized carbons (Fsp3) is 0.343. The number of hydrogen-bond acceptors (Lipinski definition) is 12. The van der Waals surface area contributed by atoms with Gasteiger partial charge >= 0.3 is 12.0 Å². The Morgan fingerprint density at radius 1 is 0.863 bits per heavy atom. The SMILES string of the molecule is O=C(CCOCCn1cc(-c2cccc(-c3cnc(N4CCC5(CC4)NC(=O)N(Cc4ccccc4)C5=O)nc3)c2)nn1)ON1C(=O)CCC1=O. The van der Waals surface area contributed by atoms with Crippen molar-refractivity contribution in [3.63, 3.8) is 0 Å². The Labute approximate surface area is 292 Å². The minimum absolute atomic E-state index is 0.0415. The first-order valence-corrected chi connectivity index (χ1v) is 16.7. The van der Waals surface area contributed by atoms with Crippen LogP contribution in [-0.4, -0.2) is 96.5 Å². The monoisotopic (exact) mass is 693 g/mol. The van der Waals surface area contributed by atoms with E-state index in [1.165, 1.54) is 4.90 Å². The molecule has 5 heterocycles. The lowest BCUT2D eigenvalue weighted by atomic mass is 9.87. The molecule has 0 aliphatic carbocycles. The van der Waals surface area contributed by atoms with Crippen LogP contribution in [0.1, 0.15) is 37.7 Å². The van der Waals surface area contributed by atoms with Crippen molar-refractivity contribution >= 4 is 35.7 Å². The van der Waals surface area contributed by atoms with Crippen LogP contribution < -0.4 is 10.2 Å². The molecule has 1 N–H and O–H groups in total. The Morgan fingerprint density at radius 2 is 1.59 bits per heavy atom. The van der Waals surface area contributed by atoms with Gasteiger partial charge in [-0.1, -0.05) is 53.7 Å². The molecular weight excluding hydrogens is 658 g/mol. The molecule has 0 unspecified atom stereocenters. The molecule has 2 aromatic carbocycles. The molecule has 4 aromatic rings. The molecule has 0 bridgehead atoms. The number of hydroxylamine groups is 2. The highest BCUT2D eigenvalue weighted by molar-refractivity contribution is 6.07. The van der Waals surface area contributed by atoms with Gasteiger partial charge in [0.2, 0.25) is 5.95 Å². The summed E-state index contributed by atoms with van der Waals surface area (Å²) in [6.07, 6.45) is 6.22.